The van der Waals surface area contributed by atoms with Gasteiger partial charge in [-0.3, -0.25) is 9.52 Å². The van der Waals surface area contributed by atoms with Crippen LogP contribution in [-0.4, -0.2) is 21.4 Å². The van der Waals surface area contributed by atoms with Gasteiger partial charge in [0.2, 0.25) is 0 Å². The van der Waals surface area contributed by atoms with Crippen LogP contribution in [0.1, 0.15) is 21.5 Å². The summed E-state index contributed by atoms with van der Waals surface area (Å²) >= 11 is 5.97. The van der Waals surface area contributed by atoms with Gasteiger partial charge in [0.1, 0.15) is 5.75 Å². The summed E-state index contributed by atoms with van der Waals surface area (Å²) in [5.74, 6) is -0.0351. The largest absolute Gasteiger partial charge is 0.496 e. The number of rotatable bonds is 6. The quantitative estimate of drug-likeness (QED) is 0.559. The summed E-state index contributed by atoms with van der Waals surface area (Å²) < 4.78 is 33.2. The molecule has 6 nitrogen and oxygen atoms in total. The highest BCUT2D eigenvalue weighted by molar-refractivity contribution is 7.92. The molecule has 0 aliphatic heterocycles. The van der Waals surface area contributed by atoms with Crippen molar-refractivity contribution < 1.29 is 17.9 Å². The van der Waals surface area contributed by atoms with Gasteiger partial charge in [-0.05, 0) is 67.9 Å². The van der Waals surface area contributed by atoms with Crippen molar-refractivity contribution in [1.82, 2.24) is 0 Å². The van der Waals surface area contributed by atoms with Crippen LogP contribution in [0.5, 0.6) is 5.75 Å². The number of carbonyl (C=O) groups excluding carboxylic acids is 1. The van der Waals surface area contributed by atoms with Gasteiger partial charge in [0.25, 0.3) is 15.9 Å². The van der Waals surface area contributed by atoms with Gasteiger partial charge in [-0.1, -0.05) is 29.3 Å². The lowest BCUT2D eigenvalue weighted by Crippen LogP contribution is -2.15. The number of hydrogen-bond donors (Lipinski definition) is 2. The monoisotopic (exact) mass is 444 g/mol. The summed E-state index contributed by atoms with van der Waals surface area (Å²) in [6.45, 7) is 3.78. The molecule has 3 aromatic carbocycles. The van der Waals surface area contributed by atoms with Crippen molar-refractivity contribution >= 4 is 38.9 Å². The first-order valence-corrected chi connectivity index (χ1v) is 10.9. The Morgan fingerprint density at radius 2 is 1.67 bits per heavy atom. The molecule has 0 unspecified atom stereocenters. The number of hydrogen-bond acceptors (Lipinski definition) is 4. The first-order valence-electron chi connectivity index (χ1n) is 9.04. The predicted molar refractivity (Wildman–Crippen MR) is 119 cm³/mol. The van der Waals surface area contributed by atoms with E-state index in [1.54, 1.807) is 18.2 Å². The Labute approximate surface area is 180 Å². The normalized spacial score (nSPS) is 11.1. The maximum absolute atomic E-state index is 12.7. The van der Waals surface area contributed by atoms with Gasteiger partial charge in [0.05, 0.1) is 23.3 Å². The fourth-order valence-corrected chi connectivity index (χ4v) is 4.21. The van der Waals surface area contributed by atoms with Gasteiger partial charge >= 0.3 is 0 Å². The molecule has 0 bridgehead atoms. The van der Waals surface area contributed by atoms with Gasteiger partial charge in [-0.2, -0.15) is 0 Å². The smallest absolute Gasteiger partial charge is 0.261 e. The van der Waals surface area contributed by atoms with Crippen LogP contribution in [0.25, 0.3) is 0 Å². The SMILES string of the molecule is COc1ccc(Cl)cc1C(=O)Nc1ccc(S(=O)(=O)Nc2ccc(C)cc2C)cc1. The summed E-state index contributed by atoms with van der Waals surface area (Å²) in [6.07, 6.45) is 0. The van der Waals surface area contributed by atoms with Crippen LogP contribution >= 0.6 is 11.6 Å². The Bertz CT molecular complexity index is 1190. The molecule has 1 amide bonds. The number of sulfonamides is 1. The molecule has 0 aliphatic rings. The Morgan fingerprint density at radius 3 is 2.30 bits per heavy atom. The van der Waals surface area contributed by atoms with Crippen molar-refractivity contribution in [3.05, 3.63) is 82.4 Å². The van der Waals surface area contributed by atoms with E-state index >= 15 is 0 Å². The Balaban J connectivity index is 1.77. The first kappa shape index (κ1) is 21.7. The minimum absolute atomic E-state index is 0.0841. The molecule has 8 heteroatoms. The number of methoxy groups -OCH3 is 1. The van der Waals surface area contributed by atoms with Crippen LogP contribution < -0.4 is 14.8 Å². The molecule has 0 atom stereocenters. The number of ether oxygens (including phenoxy) is 1. The lowest BCUT2D eigenvalue weighted by atomic mass is 10.1. The number of benzene rings is 3. The second kappa shape index (κ2) is 8.77. The average Bonchev–Trinajstić information content (AvgIpc) is 2.70. The van der Waals surface area contributed by atoms with Gasteiger partial charge in [0, 0.05) is 10.7 Å². The van der Waals surface area contributed by atoms with E-state index in [0.717, 1.165) is 11.1 Å². The second-order valence-corrected chi connectivity index (χ2v) is 8.87. The maximum atomic E-state index is 12.7. The molecule has 3 rings (SSSR count). The zero-order valence-electron chi connectivity index (χ0n) is 16.7. The molecule has 0 fully saturated rings. The molecule has 0 aromatic heterocycles. The van der Waals surface area contributed by atoms with E-state index in [4.69, 9.17) is 16.3 Å². The fourth-order valence-electron chi connectivity index (χ4n) is 2.91. The molecule has 0 radical (unpaired) electrons. The Kier molecular flexibility index (Phi) is 6.34. The summed E-state index contributed by atoms with van der Waals surface area (Å²) in [5, 5.41) is 3.11. The van der Waals surface area contributed by atoms with Crippen LogP contribution in [-0.2, 0) is 10.0 Å². The third-order valence-corrected chi connectivity index (χ3v) is 6.07. The van der Waals surface area contributed by atoms with Crippen molar-refractivity contribution in [2.75, 3.05) is 17.1 Å². The molecule has 30 heavy (non-hydrogen) atoms. The first-order chi connectivity index (χ1) is 14.2. The molecule has 156 valence electrons. The third kappa shape index (κ3) is 4.93. The highest BCUT2D eigenvalue weighted by atomic mass is 35.5. The van der Waals surface area contributed by atoms with Gasteiger partial charge < -0.3 is 10.1 Å². The topological polar surface area (TPSA) is 84.5 Å². The Hall–Kier alpha value is -3.03. The highest BCUT2D eigenvalue weighted by Gasteiger charge is 2.17. The van der Waals surface area contributed by atoms with Crippen LogP contribution in [0.15, 0.2) is 65.6 Å². The van der Waals surface area contributed by atoms with Crippen LogP contribution in [0.4, 0.5) is 11.4 Å². The number of nitrogens with one attached hydrogen (secondary N) is 2. The third-order valence-electron chi connectivity index (χ3n) is 4.45. The van der Waals surface area contributed by atoms with E-state index in [2.05, 4.69) is 10.0 Å². The second-order valence-electron chi connectivity index (χ2n) is 6.75. The number of halogens is 1. The fraction of sp³-hybridized carbons (Fsp3) is 0.136. The van der Waals surface area contributed by atoms with Crippen molar-refractivity contribution in [2.24, 2.45) is 0 Å². The summed E-state index contributed by atoms with van der Waals surface area (Å²) in [5.41, 5.74) is 3.11. The van der Waals surface area contributed by atoms with Gasteiger partial charge in [-0.25, -0.2) is 8.42 Å². The molecule has 0 saturated carbocycles. The van der Waals surface area contributed by atoms with Gasteiger partial charge in [-0.15, -0.1) is 0 Å². The average molecular weight is 445 g/mol. The summed E-state index contributed by atoms with van der Waals surface area (Å²) in [4.78, 5) is 12.6. The van der Waals surface area contributed by atoms with E-state index in [9.17, 15) is 13.2 Å². The van der Waals surface area contributed by atoms with E-state index in [1.165, 1.54) is 37.4 Å². The predicted octanol–water partition coefficient (Wildman–Crippen LogP) is 5.02. The van der Waals surface area contributed by atoms with E-state index in [-0.39, 0.29) is 10.5 Å². The lowest BCUT2D eigenvalue weighted by molar-refractivity contribution is 0.102. The van der Waals surface area contributed by atoms with Crippen LogP contribution in [0.3, 0.4) is 0 Å². The van der Waals surface area contributed by atoms with E-state index < -0.39 is 15.9 Å². The molecule has 0 spiro atoms. The van der Waals surface area contributed by atoms with Crippen LogP contribution in [0.2, 0.25) is 5.02 Å². The van der Waals surface area contributed by atoms with Crippen molar-refractivity contribution in [3.63, 3.8) is 0 Å². The van der Waals surface area contributed by atoms with Crippen molar-refractivity contribution in [1.29, 1.82) is 0 Å². The van der Waals surface area contributed by atoms with Gasteiger partial charge in [0.15, 0.2) is 0 Å². The molecule has 3 aromatic rings. The minimum Gasteiger partial charge on any atom is -0.496 e. The molecule has 0 saturated heterocycles. The zero-order chi connectivity index (χ0) is 21.9. The number of amides is 1. The summed E-state index contributed by atoms with van der Waals surface area (Å²) in [7, 11) is -2.30. The molecular weight excluding hydrogens is 424 g/mol. The number of carbonyl (C=O) groups is 1. The molecule has 0 heterocycles. The molecular formula is C22H21ClN2O4S. The van der Waals surface area contributed by atoms with E-state index in [0.29, 0.717) is 22.1 Å². The Morgan fingerprint density at radius 1 is 0.967 bits per heavy atom. The highest BCUT2D eigenvalue weighted by Crippen LogP contribution is 2.25. The standard InChI is InChI=1S/C22H21ClN2O4S/c1-14-4-10-20(15(2)12-14)25-30(27,28)18-8-6-17(7-9-18)24-22(26)19-13-16(23)5-11-21(19)29-3/h4-13,25H,1-3H3,(H,24,26). The molecule has 0 aliphatic carbocycles. The van der Waals surface area contributed by atoms with Crippen LogP contribution in [0, 0.1) is 13.8 Å². The number of anilines is 2. The zero-order valence-corrected chi connectivity index (χ0v) is 18.3. The van der Waals surface area contributed by atoms with E-state index in [1.807, 2.05) is 26.0 Å². The molecule has 2 N–H and O–H groups in total. The maximum Gasteiger partial charge on any atom is 0.261 e. The summed E-state index contributed by atoms with van der Waals surface area (Å²) in [6, 6.07) is 16.1. The lowest BCUT2D eigenvalue weighted by Gasteiger charge is -2.12. The minimum atomic E-state index is -3.76. The van der Waals surface area contributed by atoms with Crippen molar-refractivity contribution in [2.45, 2.75) is 18.7 Å². The van der Waals surface area contributed by atoms with Crippen molar-refractivity contribution in [3.8, 4) is 5.75 Å². The number of aryl methyl sites for hydroxylation is 2.